The predicted molar refractivity (Wildman–Crippen MR) is 170 cm³/mol. The van der Waals surface area contributed by atoms with Gasteiger partial charge in [0.05, 0.1) is 5.41 Å². The van der Waals surface area contributed by atoms with E-state index in [9.17, 15) is 0 Å². The van der Waals surface area contributed by atoms with Gasteiger partial charge >= 0.3 is 0 Å². The molecule has 0 atom stereocenters. The molecule has 1 spiro atoms. The highest BCUT2D eigenvalue weighted by atomic mass is 79.9. The maximum absolute atomic E-state index is 3.84. The van der Waals surface area contributed by atoms with Gasteiger partial charge in [-0.25, -0.2) is 0 Å². The maximum atomic E-state index is 3.84. The minimum Gasteiger partial charge on any atom is -0.143 e. The van der Waals surface area contributed by atoms with Crippen molar-refractivity contribution < 1.29 is 0 Å². The number of halogens is 2. The Labute approximate surface area is 246 Å². The van der Waals surface area contributed by atoms with E-state index in [1.165, 1.54) is 107 Å². The fourth-order valence-corrected chi connectivity index (χ4v) is 10.1. The summed E-state index contributed by atoms with van der Waals surface area (Å²) in [5.74, 6) is 0. The topological polar surface area (TPSA) is 0 Å². The molecule has 0 aliphatic heterocycles. The Kier molecular flexibility index (Phi) is 7.57. The number of benzene rings is 2. The van der Waals surface area contributed by atoms with Crippen LogP contribution in [0.15, 0.2) is 57.5 Å². The zero-order valence-corrected chi connectivity index (χ0v) is 26.6. The van der Waals surface area contributed by atoms with Crippen LogP contribution in [-0.2, 0) is 18.3 Å². The van der Waals surface area contributed by atoms with Gasteiger partial charge < -0.3 is 0 Å². The molecule has 2 aliphatic carbocycles. The second-order valence-electron chi connectivity index (χ2n) is 10.7. The summed E-state index contributed by atoms with van der Waals surface area (Å²) in [6.45, 7) is 4.60. The van der Waals surface area contributed by atoms with Gasteiger partial charge in [0.25, 0.3) is 0 Å². The molecular formula is C33H34Br2S2. The fourth-order valence-electron chi connectivity index (χ4n) is 6.40. The molecular weight excluding hydrogens is 620 g/mol. The monoisotopic (exact) mass is 652 g/mol. The zero-order valence-electron chi connectivity index (χ0n) is 21.8. The molecule has 0 fully saturated rings. The minimum absolute atomic E-state index is 0.193. The van der Waals surface area contributed by atoms with Gasteiger partial charge in [-0.3, -0.25) is 0 Å². The molecule has 0 unspecified atom stereocenters. The highest BCUT2D eigenvalue weighted by Crippen LogP contribution is 2.67. The third kappa shape index (κ3) is 4.35. The van der Waals surface area contributed by atoms with Crippen molar-refractivity contribution in [1.82, 2.24) is 0 Å². The quantitative estimate of drug-likeness (QED) is 0.129. The van der Waals surface area contributed by atoms with Gasteiger partial charge in [0.2, 0.25) is 0 Å². The van der Waals surface area contributed by atoms with Crippen LogP contribution in [0.5, 0.6) is 0 Å². The number of fused-ring (bicyclic) bond motifs is 10. The van der Waals surface area contributed by atoms with Crippen molar-refractivity contribution in [3.05, 3.63) is 88.1 Å². The predicted octanol–water partition coefficient (Wildman–Crippen LogP) is 11.9. The average Bonchev–Trinajstić information content (AvgIpc) is 3.61. The van der Waals surface area contributed by atoms with E-state index in [4.69, 9.17) is 0 Å². The van der Waals surface area contributed by atoms with E-state index in [0.717, 1.165) is 0 Å². The molecule has 0 amide bonds. The van der Waals surface area contributed by atoms with Gasteiger partial charge in [-0.05, 0) is 95.5 Å². The molecule has 4 aromatic rings. The lowest BCUT2D eigenvalue weighted by Gasteiger charge is -2.28. The van der Waals surface area contributed by atoms with Crippen LogP contribution in [0.3, 0.4) is 0 Å². The Hall–Kier alpha value is -1.20. The first-order valence-electron chi connectivity index (χ1n) is 13.9. The molecule has 0 saturated carbocycles. The number of hydrogen-bond donors (Lipinski definition) is 0. The molecule has 2 heterocycles. The first-order chi connectivity index (χ1) is 18.1. The van der Waals surface area contributed by atoms with E-state index in [1.807, 2.05) is 0 Å². The average molecular weight is 655 g/mol. The molecule has 2 aliphatic rings. The largest absolute Gasteiger partial charge is 0.143 e. The summed E-state index contributed by atoms with van der Waals surface area (Å²) < 4.78 is 2.33. The summed E-state index contributed by atoms with van der Waals surface area (Å²) in [6, 6.07) is 19.0. The van der Waals surface area contributed by atoms with E-state index in [1.54, 1.807) is 19.5 Å². The molecule has 0 N–H and O–H groups in total. The van der Waals surface area contributed by atoms with Gasteiger partial charge in [0, 0.05) is 28.5 Å². The molecule has 2 aromatic carbocycles. The van der Waals surface area contributed by atoms with E-state index >= 15 is 0 Å². The van der Waals surface area contributed by atoms with E-state index in [-0.39, 0.29) is 5.41 Å². The van der Waals surface area contributed by atoms with E-state index < -0.39 is 0 Å². The number of hydrogen-bond acceptors (Lipinski definition) is 2. The lowest BCUT2D eigenvalue weighted by Crippen LogP contribution is -2.24. The van der Waals surface area contributed by atoms with Crippen molar-refractivity contribution >= 4 is 54.5 Å². The van der Waals surface area contributed by atoms with Crippen LogP contribution in [0.2, 0.25) is 0 Å². The molecule has 0 saturated heterocycles. The highest BCUT2D eigenvalue weighted by molar-refractivity contribution is 9.10. The molecule has 0 radical (unpaired) electrons. The number of unbranched alkanes of at least 4 members (excludes halogenated alkanes) is 6. The second kappa shape index (κ2) is 10.8. The molecule has 192 valence electrons. The third-order valence-electron chi connectivity index (χ3n) is 8.15. The summed E-state index contributed by atoms with van der Waals surface area (Å²) in [7, 11) is 0. The molecule has 0 bridgehead atoms. The first kappa shape index (κ1) is 26.0. The van der Waals surface area contributed by atoms with E-state index in [2.05, 4.69) is 117 Å². The standard InChI is InChI=1S/C33H34Br2S2/c1-3-5-7-9-11-23-19-27-28-20-24(12-10-8-6-4-2)37-32(28)33(31(27)36-23)29-17-21(34)13-15-25(29)26-16-14-22(35)18-30(26)33/h13-20H,3-12H2,1-2H3. The van der Waals surface area contributed by atoms with Crippen molar-refractivity contribution in [3.63, 3.8) is 0 Å². The molecule has 6 rings (SSSR count). The van der Waals surface area contributed by atoms with Crippen LogP contribution in [0.1, 0.15) is 95.8 Å². The van der Waals surface area contributed by atoms with Gasteiger partial charge in [0.1, 0.15) is 0 Å². The SMILES string of the molecule is CCCCCCc1cc2c(s1)C1(c3cc(Br)ccc3-c3ccc(Br)cc31)c1sc(CCCCCC)cc1-2. The minimum atomic E-state index is -0.193. The molecule has 37 heavy (non-hydrogen) atoms. The van der Waals surface area contributed by atoms with Crippen LogP contribution in [-0.4, -0.2) is 0 Å². The van der Waals surface area contributed by atoms with Crippen LogP contribution in [0.25, 0.3) is 22.3 Å². The van der Waals surface area contributed by atoms with Crippen molar-refractivity contribution in [3.8, 4) is 22.3 Å². The van der Waals surface area contributed by atoms with Crippen molar-refractivity contribution in [2.45, 2.75) is 83.5 Å². The van der Waals surface area contributed by atoms with Crippen molar-refractivity contribution in [2.24, 2.45) is 0 Å². The Morgan fingerprint density at radius 2 is 1.03 bits per heavy atom. The van der Waals surface area contributed by atoms with E-state index in [0.29, 0.717) is 0 Å². The first-order valence-corrected chi connectivity index (χ1v) is 17.2. The maximum Gasteiger partial charge on any atom is 0.0912 e. The van der Waals surface area contributed by atoms with Crippen LogP contribution in [0, 0.1) is 0 Å². The van der Waals surface area contributed by atoms with Crippen LogP contribution >= 0.6 is 54.5 Å². The lowest BCUT2D eigenvalue weighted by molar-refractivity contribution is 0.670. The van der Waals surface area contributed by atoms with Gasteiger partial charge in [0.15, 0.2) is 0 Å². The summed E-state index contributed by atoms with van der Waals surface area (Å²) >= 11 is 11.8. The third-order valence-corrected chi connectivity index (χ3v) is 11.8. The van der Waals surface area contributed by atoms with Gasteiger partial charge in [-0.2, -0.15) is 0 Å². The van der Waals surface area contributed by atoms with Crippen LogP contribution < -0.4 is 0 Å². The second-order valence-corrected chi connectivity index (χ2v) is 14.8. The lowest BCUT2D eigenvalue weighted by atomic mass is 9.78. The normalized spacial score (nSPS) is 14.2. The van der Waals surface area contributed by atoms with Crippen LogP contribution in [0.4, 0.5) is 0 Å². The Morgan fingerprint density at radius 3 is 1.46 bits per heavy atom. The van der Waals surface area contributed by atoms with Crippen molar-refractivity contribution in [1.29, 1.82) is 0 Å². The summed E-state index contributed by atoms with van der Waals surface area (Å²) in [4.78, 5) is 6.21. The van der Waals surface area contributed by atoms with Gasteiger partial charge in [-0.15, -0.1) is 22.7 Å². The highest BCUT2D eigenvalue weighted by Gasteiger charge is 2.54. The van der Waals surface area contributed by atoms with Crippen molar-refractivity contribution in [2.75, 3.05) is 0 Å². The van der Waals surface area contributed by atoms with Gasteiger partial charge in [-0.1, -0.05) is 96.4 Å². The molecule has 0 nitrogen and oxygen atoms in total. The molecule has 2 aromatic heterocycles. The summed E-state index contributed by atoms with van der Waals surface area (Å²) in [6.07, 6.45) is 12.9. The Balaban J connectivity index is 1.53. The Morgan fingerprint density at radius 1 is 0.568 bits per heavy atom. The fraction of sp³-hybridized carbons (Fsp3) is 0.394. The molecule has 4 heteroatoms. The summed E-state index contributed by atoms with van der Waals surface area (Å²) in [5.41, 5.74) is 8.49. The number of aryl methyl sites for hydroxylation is 2. The number of rotatable bonds is 10. The summed E-state index contributed by atoms with van der Waals surface area (Å²) in [5, 5.41) is 0. The number of thiophene rings is 2. The smallest absolute Gasteiger partial charge is 0.0912 e. The Bertz CT molecular complexity index is 1330. The zero-order chi connectivity index (χ0) is 25.6.